The number of carbonyl (C=O) groups excluding carboxylic acids is 1. The molecule has 0 aliphatic carbocycles. The van der Waals surface area contributed by atoms with Crippen molar-refractivity contribution in [1.29, 1.82) is 0 Å². The summed E-state index contributed by atoms with van der Waals surface area (Å²) < 4.78 is 29.7. The molecule has 9 nitrogen and oxygen atoms in total. The number of amides is 1. The zero-order chi connectivity index (χ0) is 22.4. The van der Waals surface area contributed by atoms with Crippen LogP contribution in [0.4, 0.5) is 5.69 Å². The quantitative estimate of drug-likeness (QED) is 0.260. The van der Waals surface area contributed by atoms with Gasteiger partial charge in [-0.15, -0.1) is 0 Å². The minimum absolute atomic E-state index is 0.0534. The largest absolute Gasteiger partial charge is 0.379 e. The number of hydrogen-bond acceptors (Lipinski definition) is 7. The van der Waals surface area contributed by atoms with Crippen LogP contribution in [0.2, 0.25) is 0 Å². The molecule has 0 atom stereocenters. The third kappa shape index (κ3) is 5.73. The van der Waals surface area contributed by atoms with E-state index in [1.165, 1.54) is 54.7 Å². The highest BCUT2D eigenvalue weighted by Crippen LogP contribution is 2.19. The highest BCUT2D eigenvalue weighted by Gasteiger charge is 2.16. The molecule has 0 fully saturated rings. The van der Waals surface area contributed by atoms with Crippen molar-refractivity contribution in [3.63, 3.8) is 0 Å². The van der Waals surface area contributed by atoms with Gasteiger partial charge in [0.25, 0.3) is 11.6 Å². The number of non-ortho nitro benzene ring substituents is 1. The highest BCUT2D eigenvalue weighted by atomic mass is 32.2. The van der Waals surface area contributed by atoms with E-state index in [1.54, 1.807) is 24.3 Å². The van der Waals surface area contributed by atoms with Crippen LogP contribution in [0.1, 0.15) is 21.5 Å². The molecule has 0 spiro atoms. The summed E-state index contributed by atoms with van der Waals surface area (Å²) in [5.74, 6) is -0.400. The third-order valence-corrected chi connectivity index (χ3v) is 5.38. The lowest BCUT2D eigenvalue weighted by atomic mass is 10.2. The van der Waals surface area contributed by atoms with Crippen LogP contribution in [0.25, 0.3) is 0 Å². The summed E-state index contributed by atoms with van der Waals surface area (Å²) in [6.07, 6.45) is 1.36. The maximum atomic E-state index is 12.3. The van der Waals surface area contributed by atoms with Gasteiger partial charge in [-0.25, -0.2) is 5.43 Å². The fraction of sp³-hybridized carbons (Fsp3) is 0.0476. The van der Waals surface area contributed by atoms with Crippen LogP contribution in [0.3, 0.4) is 0 Å². The molecule has 1 amide bonds. The molecule has 0 aromatic heterocycles. The topological polar surface area (TPSA) is 128 Å². The van der Waals surface area contributed by atoms with E-state index in [-0.39, 0.29) is 21.9 Å². The first-order valence-corrected chi connectivity index (χ1v) is 10.3. The monoisotopic (exact) mass is 439 g/mol. The van der Waals surface area contributed by atoms with Crippen LogP contribution in [0, 0.1) is 17.0 Å². The van der Waals surface area contributed by atoms with Crippen molar-refractivity contribution in [1.82, 2.24) is 5.43 Å². The number of nitro groups is 1. The Bertz CT molecular complexity index is 1220. The second-order valence-corrected chi connectivity index (χ2v) is 7.97. The summed E-state index contributed by atoms with van der Waals surface area (Å²) >= 11 is 0. The molecule has 0 aliphatic heterocycles. The standard InChI is InChI=1S/C21H17N3O6S/c1-15-2-12-20(13-3-15)31(28,29)30-19-10-4-16(5-11-19)14-22-23-21(25)17-6-8-18(9-7-17)24(26)27/h2-14H,1H3,(H,23,25)/b22-14+. The highest BCUT2D eigenvalue weighted by molar-refractivity contribution is 7.87. The molecule has 0 bridgehead atoms. The molecular weight excluding hydrogens is 422 g/mol. The molecule has 3 aromatic carbocycles. The number of hydrogen-bond donors (Lipinski definition) is 1. The number of nitrogens with one attached hydrogen (secondary N) is 1. The first kappa shape index (κ1) is 21.7. The lowest BCUT2D eigenvalue weighted by Crippen LogP contribution is -2.17. The van der Waals surface area contributed by atoms with Crippen LogP contribution in [0.15, 0.2) is 82.8 Å². The lowest BCUT2D eigenvalue weighted by Gasteiger charge is -2.07. The zero-order valence-corrected chi connectivity index (χ0v) is 17.1. The Morgan fingerprint density at radius 1 is 1.00 bits per heavy atom. The van der Waals surface area contributed by atoms with Gasteiger partial charge in [0, 0.05) is 17.7 Å². The first-order chi connectivity index (χ1) is 14.7. The molecule has 31 heavy (non-hydrogen) atoms. The second kappa shape index (κ2) is 9.18. The average molecular weight is 439 g/mol. The SMILES string of the molecule is Cc1ccc(S(=O)(=O)Oc2ccc(/C=N/NC(=O)c3ccc([N+](=O)[O-])cc3)cc2)cc1. The molecule has 1 N–H and O–H groups in total. The molecule has 0 saturated heterocycles. The van der Waals surface area contributed by atoms with Gasteiger partial charge in [-0.05, 0) is 61.0 Å². The Hall–Kier alpha value is -4.05. The molecule has 0 heterocycles. The number of hydrazone groups is 1. The predicted octanol–water partition coefficient (Wildman–Crippen LogP) is 3.43. The average Bonchev–Trinajstić information content (AvgIpc) is 2.75. The van der Waals surface area contributed by atoms with Gasteiger partial charge in [-0.3, -0.25) is 14.9 Å². The number of rotatable bonds is 7. The summed E-state index contributed by atoms with van der Waals surface area (Å²) in [6.45, 7) is 1.85. The van der Waals surface area contributed by atoms with Crippen molar-refractivity contribution < 1.29 is 22.3 Å². The van der Waals surface area contributed by atoms with Gasteiger partial charge in [0.1, 0.15) is 10.6 Å². The second-order valence-electron chi connectivity index (χ2n) is 6.42. The van der Waals surface area contributed by atoms with E-state index in [0.29, 0.717) is 5.56 Å². The molecular formula is C21H17N3O6S. The summed E-state index contributed by atoms with van der Waals surface area (Å²) in [4.78, 5) is 22.1. The lowest BCUT2D eigenvalue weighted by molar-refractivity contribution is -0.384. The van der Waals surface area contributed by atoms with E-state index in [1.807, 2.05) is 6.92 Å². The Morgan fingerprint density at radius 3 is 2.19 bits per heavy atom. The minimum Gasteiger partial charge on any atom is -0.379 e. The summed E-state index contributed by atoms with van der Waals surface area (Å²) in [7, 11) is -3.94. The van der Waals surface area contributed by atoms with E-state index in [2.05, 4.69) is 10.5 Å². The van der Waals surface area contributed by atoms with Gasteiger partial charge in [0.15, 0.2) is 0 Å². The molecule has 158 valence electrons. The molecule has 0 saturated carbocycles. The van der Waals surface area contributed by atoms with Gasteiger partial charge < -0.3 is 4.18 Å². The van der Waals surface area contributed by atoms with E-state index >= 15 is 0 Å². The predicted molar refractivity (Wildman–Crippen MR) is 114 cm³/mol. The van der Waals surface area contributed by atoms with Gasteiger partial charge in [-0.1, -0.05) is 17.7 Å². The van der Waals surface area contributed by atoms with Crippen molar-refractivity contribution in [2.24, 2.45) is 5.10 Å². The van der Waals surface area contributed by atoms with E-state index in [4.69, 9.17) is 4.18 Å². The fourth-order valence-electron chi connectivity index (χ4n) is 2.45. The van der Waals surface area contributed by atoms with Crippen molar-refractivity contribution in [2.45, 2.75) is 11.8 Å². The Morgan fingerprint density at radius 2 is 1.61 bits per heavy atom. The minimum atomic E-state index is -3.94. The van der Waals surface area contributed by atoms with Crippen LogP contribution < -0.4 is 9.61 Å². The number of carbonyl (C=O) groups is 1. The molecule has 0 aliphatic rings. The Balaban J connectivity index is 1.59. The molecule has 0 radical (unpaired) electrons. The molecule has 10 heteroatoms. The van der Waals surface area contributed by atoms with Crippen molar-refractivity contribution in [2.75, 3.05) is 0 Å². The number of aryl methyl sites for hydroxylation is 1. The summed E-state index contributed by atoms with van der Waals surface area (Å²) in [5, 5.41) is 14.5. The van der Waals surface area contributed by atoms with Crippen LogP contribution in [-0.4, -0.2) is 25.5 Å². The maximum Gasteiger partial charge on any atom is 0.339 e. The molecule has 3 aromatic rings. The number of nitro benzene ring substituents is 1. The van der Waals surface area contributed by atoms with Crippen molar-refractivity contribution in [3.05, 3.63) is 99.6 Å². The summed E-state index contributed by atoms with van der Waals surface area (Å²) in [5.41, 5.74) is 3.93. The van der Waals surface area contributed by atoms with Gasteiger partial charge in [0.05, 0.1) is 11.1 Å². The van der Waals surface area contributed by atoms with E-state index < -0.39 is 20.9 Å². The van der Waals surface area contributed by atoms with Gasteiger partial charge in [-0.2, -0.15) is 13.5 Å². The third-order valence-electron chi connectivity index (χ3n) is 4.12. The van der Waals surface area contributed by atoms with E-state index in [9.17, 15) is 23.3 Å². The molecule has 0 unspecified atom stereocenters. The number of nitrogens with zero attached hydrogens (tertiary/aromatic N) is 2. The Labute approximate surface area is 178 Å². The normalized spacial score (nSPS) is 11.3. The van der Waals surface area contributed by atoms with Crippen molar-refractivity contribution >= 4 is 27.9 Å². The number of benzene rings is 3. The smallest absolute Gasteiger partial charge is 0.339 e. The Kier molecular flexibility index (Phi) is 6.41. The van der Waals surface area contributed by atoms with Crippen LogP contribution in [0.5, 0.6) is 5.75 Å². The van der Waals surface area contributed by atoms with E-state index in [0.717, 1.165) is 5.56 Å². The van der Waals surface area contributed by atoms with Crippen molar-refractivity contribution in [3.8, 4) is 5.75 Å². The fourth-order valence-corrected chi connectivity index (χ4v) is 3.38. The van der Waals surface area contributed by atoms with Gasteiger partial charge >= 0.3 is 10.1 Å². The summed E-state index contributed by atoms with van der Waals surface area (Å²) in [6, 6.07) is 17.5. The molecule has 3 rings (SSSR count). The maximum absolute atomic E-state index is 12.3. The van der Waals surface area contributed by atoms with Gasteiger partial charge in [0.2, 0.25) is 0 Å². The first-order valence-electron chi connectivity index (χ1n) is 8.94. The zero-order valence-electron chi connectivity index (χ0n) is 16.3. The van der Waals surface area contributed by atoms with Crippen LogP contribution in [-0.2, 0) is 10.1 Å². The van der Waals surface area contributed by atoms with Crippen LogP contribution >= 0.6 is 0 Å².